The smallest absolute Gasteiger partial charge is 0.0972 e. The van der Waals surface area contributed by atoms with E-state index in [1.807, 2.05) is 18.2 Å². The fourth-order valence-corrected chi connectivity index (χ4v) is 3.23. The van der Waals surface area contributed by atoms with Crippen molar-refractivity contribution >= 4 is 0 Å². The summed E-state index contributed by atoms with van der Waals surface area (Å²) in [5, 5.41) is 0. The molecule has 2 N–H and O–H groups in total. The molecule has 0 aliphatic heterocycles. The highest BCUT2D eigenvalue weighted by atomic mass is 16.5. The van der Waals surface area contributed by atoms with Crippen LogP contribution in [0.25, 0.3) is 0 Å². The number of fused-ring (bicyclic) bond motifs is 1. The number of ether oxygens (including phenoxy) is 1. The fraction of sp³-hybridized carbons (Fsp3) is 0.333. The van der Waals surface area contributed by atoms with Crippen molar-refractivity contribution in [3.8, 4) is 0 Å². The minimum atomic E-state index is -0.0241. The van der Waals surface area contributed by atoms with Crippen molar-refractivity contribution in [2.24, 2.45) is 5.73 Å². The molecule has 0 bridgehead atoms. The van der Waals surface area contributed by atoms with Gasteiger partial charge in [0.05, 0.1) is 6.10 Å². The SMILES string of the molecule is COC(c1ccccc1)C(N)CC1Cc2ccccc21. The molecule has 0 heterocycles. The average molecular weight is 267 g/mol. The van der Waals surface area contributed by atoms with Crippen LogP contribution in [0.2, 0.25) is 0 Å². The first-order valence-corrected chi connectivity index (χ1v) is 7.20. The Morgan fingerprint density at radius 3 is 2.50 bits per heavy atom. The third-order valence-electron chi connectivity index (χ3n) is 4.29. The number of benzene rings is 2. The molecule has 2 nitrogen and oxygen atoms in total. The summed E-state index contributed by atoms with van der Waals surface area (Å²) in [4.78, 5) is 0. The van der Waals surface area contributed by atoms with Crippen molar-refractivity contribution in [1.29, 1.82) is 0 Å². The quantitative estimate of drug-likeness (QED) is 0.900. The van der Waals surface area contributed by atoms with Crippen molar-refractivity contribution in [2.75, 3.05) is 7.11 Å². The molecule has 0 aromatic heterocycles. The van der Waals surface area contributed by atoms with E-state index in [1.165, 1.54) is 11.1 Å². The molecule has 3 atom stereocenters. The molecular weight excluding hydrogens is 246 g/mol. The van der Waals surface area contributed by atoms with Crippen LogP contribution >= 0.6 is 0 Å². The second-order valence-electron chi connectivity index (χ2n) is 5.57. The van der Waals surface area contributed by atoms with Crippen molar-refractivity contribution in [2.45, 2.75) is 30.9 Å². The van der Waals surface area contributed by atoms with E-state index < -0.39 is 0 Å². The van der Waals surface area contributed by atoms with Crippen LogP contribution in [0.3, 0.4) is 0 Å². The maximum atomic E-state index is 6.40. The summed E-state index contributed by atoms with van der Waals surface area (Å²) < 4.78 is 5.63. The first-order chi connectivity index (χ1) is 9.79. The molecule has 2 aromatic carbocycles. The first kappa shape index (κ1) is 13.3. The van der Waals surface area contributed by atoms with E-state index in [-0.39, 0.29) is 12.1 Å². The molecule has 104 valence electrons. The minimum Gasteiger partial charge on any atom is -0.375 e. The molecule has 1 aliphatic carbocycles. The van der Waals surface area contributed by atoms with Gasteiger partial charge in [0.15, 0.2) is 0 Å². The first-order valence-electron chi connectivity index (χ1n) is 7.20. The number of nitrogens with two attached hydrogens (primary N) is 1. The van der Waals surface area contributed by atoms with E-state index in [0.717, 1.165) is 18.4 Å². The van der Waals surface area contributed by atoms with Gasteiger partial charge in [-0.1, -0.05) is 54.6 Å². The van der Waals surface area contributed by atoms with Gasteiger partial charge < -0.3 is 10.5 Å². The van der Waals surface area contributed by atoms with Gasteiger partial charge in [-0.05, 0) is 35.4 Å². The van der Waals surface area contributed by atoms with Gasteiger partial charge in [-0.25, -0.2) is 0 Å². The van der Waals surface area contributed by atoms with Crippen molar-refractivity contribution in [1.82, 2.24) is 0 Å². The molecule has 0 spiro atoms. The Kier molecular flexibility index (Phi) is 3.86. The van der Waals surface area contributed by atoms with Crippen LogP contribution in [0.5, 0.6) is 0 Å². The van der Waals surface area contributed by atoms with Crippen LogP contribution in [0.4, 0.5) is 0 Å². The molecule has 0 saturated carbocycles. The van der Waals surface area contributed by atoms with Crippen LogP contribution in [0.1, 0.15) is 35.1 Å². The van der Waals surface area contributed by atoms with E-state index in [9.17, 15) is 0 Å². The van der Waals surface area contributed by atoms with Gasteiger partial charge in [-0.2, -0.15) is 0 Å². The Balaban J connectivity index is 1.69. The van der Waals surface area contributed by atoms with Gasteiger partial charge >= 0.3 is 0 Å². The summed E-state index contributed by atoms with van der Waals surface area (Å²) in [5.41, 5.74) is 10.5. The van der Waals surface area contributed by atoms with E-state index in [4.69, 9.17) is 10.5 Å². The number of hydrogen-bond donors (Lipinski definition) is 1. The molecule has 2 aromatic rings. The van der Waals surface area contributed by atoms with Crippen LogP contribution < -0.4 is 5.73 Å². The predicted octanol–water partition coefficient (Wildman–Crippen LogP) is 3.43. The zero-order chi connectivity index (χ0) is 13.9. The molecule has 0 saturated heterocycles. The fourth-order valence-electron chi connectivity index (χ4n) is 3.23. The molecule has 1 aliphatic rings. The van der Waals surface area contributed by atoms with Gasteiger partial charge in [0.1, 0.15) is 0 Å². The Labute approximate surface area is 120 Å². The lowest BCUT2D eigenvalue weighted by Crippen LogP contribution is -2.34. The van der Waals surface area contributed by atoms with Gasteiger partial charge in [-0.3, -0.25) is 0 Å². The largest absolute Gasteiger partial charge is 0.375 e. The predicted molar refractivity (Wildman–Crippen MR) is 81.7 cm³/mol. The maximum absolute atomic E-state index is 6.40. The second kappa shape index (κ2) is 5.78. The Bertz CT molecular complexity index is 567. The Morgan fingerprint density at radius 2 is 1.80 bits per heavy atom. The standard InChI is InChI=1S/C18H21NO/c1-20-18(13-7-3-2-4-8-13)17(19)12-15-11-14-9-5-6-10-16(14)15/h2-10,15,17-18H,11-12,19H2,1H3. The Morgan fingerprint density at radius 1 is 1.10 bits per heavy atom. The average Bonchev–Trinajstić information content (AvgIpc) is 2.47. The topological polar surface area (TPSA) is 35.2 Å². The van der Waals surface area contributed by atoms with Gasteiger partial charge in [-0.15, -0.1) is 0 Å². The zero-order valence-corrected chi connectivity index (χ0v) is 11.8. The van der Waals surface area contributed by atoms with E-state index >= 15 is 0 Å². The molecule has 3 rings (SSSR count). The van der Waals surface area contributed by atoms with E-state index in [2.05, 4.69) is 36.4 Å². The zero-order valence-electron chi connectivity index (χ0n) is 11.8. The summed E-state index contributed by atoms with van der Waals surface area (Å²) in [6, 6.07) is 18.9. The van der Waals surface area contributed by atoms with Crippen LogP contribution in [-0.4, -0.2) is 13.2 Å². The lowest BCUT2D eigenvalue weighted by atomic mass is 9.73. The minimum absolute atomic E-state index is 0.0241. The number of hydrogen-bond acceptors (Lipinski definition) is 2. The number of methoxy groups -OCH3 is 1. The third kappa shape index (κ3) is 2.49. The molecule has 20 heavy (non-hydrogen) atoms. The normalized spacial score (nSPS) is 19.8. The van der Waals surface area contributed by atoms with Gasteiger partial charge in [0, 0.05) is 13.2 Å². The third-order valence-corrected chi connectivity index (χ3v) is 4.29. The highest BCUT2D eigenvalue weighted by Crippen LogP contribution is 2.39. The molecule has 0 amide bonds. The summed E-state index contributed by atoms with van der Waals surface area (Å²) in [5.74, 6) is 0.586. The lowest BCUT2D eigenvalue weighted by Gasteiger charge is -2.34. The van der Waals surface area contributed by atoms with Crippen molar-refractivity contribution in [3.63, 3.8) is 0 Å². The van der Waals surface area contributed by atoms with Gasteiger partial charge in [0.2, 0.25) is 0 Å². The summed E-state index contributed by atoms with van der Waals surface area (Å²) >= 11 is 0. The van der Waals surface area contributed by atoms with Gasteiger partial charge in [0.25, 0.3) is 0 Å². The molecule has 0 radical (unpaired) electrons. The highest BCUT2D eigenvalue weighted by molar-refractivity contribution is 5.40. The highest BCUT2D eigenvalue weighted by Gasteiger charge is 2.30. The monoisotopic (exact) mass is 267 g/mol. The van der Waals surface area contributed by atoms with Crippen molar-refractivity contribution < 1.29 is 4.74 Å². The number of rotatable bonds is 5. The molecule has 0 fully saturated rings. The maximum Gasteiger partial charge on any atom is 0.0972 e. The molecular formula is C18H21NO. The summed E-state index contributed by atoms with van der Waals surface area (Å²) in [6.45, 7) is 0. The van der Waals surface area contributed by atoms with E-state index in [1.54, 1.807) is 7.11 Å². The molecule has 3 unspecified atom stereocenters. The van der Waals surface area contributed by atoms with E-state index in [0.29, 0.717) is 5.92 Å². The van der Waals surface area contributed by atoms with Crippen LogP contribution in [0, 0.1) is 0 Å². The van der Waals surface area contributed by atoms with Crippen LogP contribution in [-0.2, 0) is 11.2 Å². The van der Waals surface area contributed by atoms with Crippen LogP contribution in [0.15, 0.2) is 54.6 Å². The van der Waals surface area contributed by atoms with Crippen molar-refractivity contribution in [3.05, 3.63) is 71.3 Å². The summed E-state index contributed by atoms with van der Waals surface area (Å²) in [7, 11) is 1.74. The summed E-state index contributed by atoms with van der Waals surface area (Å²) in [6.07, 6.45) is 2.10. The second-order valence-corrected chi connectivity index (χ2v) is 5.57. The Hall–Kier alpha value is -1.64. The molecule has 2 heteroatoms. The lowest BCUT2D eigenvalue weighted by molar-refractivity contribution is 0.0746.